The second kappa shape index (κ2) is 8.58. The van der Waals surface area contributed by atoms with Crippen molar-refractivity contribution in [2.24, 2.45) is 0 Å². The van der Waals surface area contributed by atoms with Crippen molar-refractivity contribution >= 4 is 15.9 Å². The van der Waals surface area contributed by atoms with Gasteiger partial charge in [0.1, 0.15) is 10.6 Å². The van der Waals surface area contributed by atoms with Crippen molar-refractivity contribution in [2.75, 3.05) is 27.2 Å². The number of sulfonamides is 1. The summed E-state index contributed by atoms with van der Waals surface area (Å²) in [6.45, 7) is 1.31. The average Bonchev–Trinajstić information content (AvgIpc) is 3.19. The molecule has 2 fully saturated rings. The molecule has 0 aromatic heterocycles. The molecule has 1 atom stereocenters. The molecular formula is C19H29N3O4S. The van der Waals surface area contributed by atoms with Gasteiger partial charge in [0.25, 0.3) is 5.91 Å². The van der Waals surface area contributed by atoms with E-state index < -0.39 is 10.0 Å². The lowest BCUT2D eigenvalue weighted by Crippen LogP contribution is -2.47. The number of likely N-dealkylation sites (tertiary alicyclic amines) is 1. The van der Waals surface area contributed by atoms with Gasteiger partial charge in [-0.05, 0) is 50.9 Å². The molecule has 1 heterocycles. The molecular weight excluding hydrogens is 366 g/mol. The first kappa shape index (κ1) is 20.1. The van der Waals surface area contributed by atoms with E-state index >= 15 is 0 Å². The largest absolute Gasteiger partial charge is 0.495 e. The number of methoxy groups -OCH3 is 1. The summed E-state index contributed by atoms with van der Waals surface area (Å²) in [5, 5.41) is 3.21. The monoisotopic (exact) mass is 395 g/mol. The Bertz CT molecular complexity index is 775. The van der Waals surface area contributed by atoms with Gasteiger partial charge in [0.2, 0.25) is 10.0 Å². The molecule has 1 aromatic rings. The van der Waals surface area contributed by atoms with Gasteiger partial charge in [-0.3, -0.25) is 4.79 Å². The standard InChI is InChI=1S/C19H29N3O4S/c1-20-16-8-5-11-22(13-16)19(23)14-9-10-17(26-2)18(12-14)27(24,25)21-15-6-3-4-7-15/h9-10,12,15-16,20-21H,3-8,11,13H2,1-2H3. The molecule has 8 heteroatoms. The van der Waals surface area contributed by atoms with Crippen LogP contribution in [0.2, 0.25) is 0 Å². The van der Waals surface area contributed by atoms with E-state index in [1.54, 1.807) is 17.0 Å². The molecule has 7 nitrogen and oxygen atoms in total. The fraction of sp³-hybridized carbons (Fsp3) is 0.632. The average molecular weight is 396 g/mol. The van der Waals surface area contributed by atoms with Crippen LogP contribution >= 0.6 is 0 Å². The van der Waals surface area contributed by atoms with Crippen molar-refractivity contribution in [1.29, 1.82) is 0 Å². The zero-order valence-electron chi connectivity index (χ0n) is 16.0. The normalized spacial score (nSPS) is 21.4. The van der Waals surface area contributed by atoms with E-state index in [2.05, 4.69) is 10.0 Å². The van der Waals surface area contributed by atoms with Crippen LogP contribution in [0.5, 0.6) is 5.75 Å². The first-order chi connectivity index (χ1) is 12.9. The molecule has 0 bridgehead atoms. The Labute approximate surface area is 161 Å². The van der Waals surface area contributed by atoms with Crippen LogP contribution in [0.1, 0.15) is 48.9 Å². The summed E-state index contributed by atoms with van der Waals surface area (Å²) in [6, 6.07) is 4.88. The highest BCUT2D eigenvalue weighted by molar-refractivity contribution is 7.89. The third kappa shape index (κ3) is 4.62. The molecule has 27 heavy (non-hydrogen) atoms. The van der Waals surface area contributed by atoms with E-state index in [1.807, 2.05) is 7.05 Å². The zero-order chi connectivity index (χ0) is 19.4. The molecule has 3 rings (SSSR count). The van der Waals surface area contributed by atoms with Crippen molar-refractivity contribution in [3.8, 4) is 5.75 Å². The lowest BCUT2D eigenvalue weighted by molar-refractivity contribution is 0.0698. The lowest BCUT2D eigenvalue weighted by atomic mass is 10.0. The molecule has 1 aromatic carbocycles. The molecule has 0 radical (unpaired) electrons. The van der Waals surface area contributed by atoms with Gasteiger partial charge in [0, 0.05) is 30.7 Å². The predicted molar refractivity (Wildman–Crippen MR) is 104 cm³/mol. The summed E-state index contributed by atoms with van der Waals surface area (Å²) in [5.41, 5.74) is 0.374. The number of carbonyl (C=O) groups is 1. The topological polar surface area (TPSA) is 87.7 Å². The van der Waals surface area contributed by atoms with Crippen molar-refractivity contribution in [3.63, 3.8) is 0 Å². The molecule has 1 aliphatic heterocycles. The summed E-state index contributed by atoms with van der Waals surface area (Å²) in [5.74, 6) is 0.110. The predicted octanol–water partition coefficient (Wildman–Crippen LogP) is 1.74. The van der Waals surface area contributed by atoms with Gasteiger partial charge >= 0.3 is 0 Å². The minimum Gasteiger partial charge on any atom is -0.495 e. The van der Waals surface area contributed by atoms with Crippen LogP contribution in [0.3, 0.4) is 0 Å². The molecule has 2 N–H and O–H groups in total. The van der Waals surface area contributed by atoms with Crippen LogP contribution in [0.4, 0.5) is 0 Å². The quantitative estimate of drug-likeness (QED) is 0.766. The number of hydrogen-bond acceptors (Lipinski definition) is 5. The SMILES string of the molecule is CNC1CCCN(C(=O)c2ccc(OC)c(S(=O)(=O)NC3CCCC3)c2)C1. The molecule has 1 saturated heterocycles. The Morgan fingerprint density at radius 2 is 1.85 bits per heavy atom. The number of amides is 1. The Hall–Kier alpha value is -1.64. The van der Waals surface area contributed by atoms with Crippen molar-refractivity contribution in [2.45, 2.75) is 55.5 Å². The lowest BCUT2D eigenvalue weighted by Gasteiger charge is -2.32. The van der Waals surface area contributed by atoms with Gasteiger partial charge < -0.3 is 15.0 Å². The molecule has 150 valence electrons. The minimum atomic E-state index is -3.75. The van der Waals surface area contributed by atoms with E-state index in [9.17, 15) is 13.2 Å². The minimum absolute atomic E-state index is 0.0323. The third-order valence-electron chi connectivity index (χ3n) is 5.49. The van der Waals surface area contributed by atoms with Crippen molar-refractivity contribution < 1.29 is 17.9 Å². The number of likely N-dealkylation sites (N-methyl/N-ethyl adjacent to an activating group) is 1. The number of rotatable bonds is 6. The molecule has 2 aliphatic rings. The molecule has 1 aliphatic carbocycles. The zero-order valence-corrected chi connectivity index (χ0v) is 16.8. The Balaban J connectivity index is 1.85. The van der Waals surface area contributed by atoms with Gasteiger partial charge in [-0.15, -0.1) is 0 Å². The number of hydrogen-bond donors (Lipinski definition) is 2. The van der Waals surface area contributed by atoms with Gasteiger partial charge in [-0.25, -0.2) is 13.1 Å². The Kier molecular flexibility index (Phi) is 6.39. The van der Waals surface area contributed by atoms with Crippen LogP contribution in [0, 0.1) is 0 Å². The molecule has 1 saturated carbocycles. The number of benzene rings is 1. The van der Waals surface area contributed by atoms with E-state index in [0.29, 0.717) is 18.7 Å². The summed E-state index contributed by atoms with van der Waals surface area (Å²) < 4.78 is 33.8. The first-order valence-corrected chi connectivity index (χ1v) is 11.1. The Morgan fingerprint density at radius 1 is 1.15 bits per heavy atom. The van der Waals surface area contributed by atoms with E-state index in [4.69, 9.17) is 4.74 Å². The van der Waals surface area contributed by atoms with Crippen LogP contribution < -0.4 is 14.8 Å². The second-order valence-electron chi connectivity index (χ2n) is 7.35. The number of piperidine rings is 1. The first-order valence-electron chi connectivity index (χ1n) is 9.61. The summed E-state index contributed by atoms with van der Waals surface area (Å²) >= 11 is 0. The van der Waals surface area contributed by atoms with Crippen LogP contribution in [-0.2, 0) is 10.0 Å². The van der Waals surface area contributed by atoms with Crippen LogP contribution in [0.15, 0.2) is 23.1 Å². The summed E-state index contributed by atoms with van der Waals surface area (Å²) in [7, 11) is -0.414. The highest BCUT2D eigenvalue weighted by Crippen LogP contribution is 2.28. The van der Waals surface area contributed by atoms with Crippen LogP contribution in [0.25, 0.3) is 0 Å². The smallest absolute Gasteiger partial charge is 0.253 e. The summed E-state index contributed by atoms with van der Waals surface area (Å²) in [4.78, 5) is 14.7. The second-order valence-corrected chi connectivity index (χ2v) is 9.03. The number of nitrogens with one attached hydrogen (secondary N) is 2. The maximum atomic E-state index is 12.9. The highest BCUT2D eigenvalue weighted by Gasteiger charge is 2.28. The van der Waals surface area contributed by atoms with Gasteiger partial charge in [-0.2, -0.15) is 0 Å². The van der Waals surface area contributed by atoms with E-state index in [1.165, 1.54) is 13.2 Å². The molecule has 1 amide bonds. The van der Waals surface area contributed by atoms with E-state index in [0.717, 1.165) is 38.5 Å². The highest BCUT2D eigenvalue weighted by atomic mass is 32.2. The van der Waals surface area contributed by atoms with Gasteiger partial charge in [0.15, 0.2) is 0 Å². The van der Waals surface area contributed by atoms with Crippen molar-refractivity contribution in [3.05, 3.63) is 23.8 Å². The number of ether oxygens (including phenoxy) is 1. The molecule has 0 spiro atoms. The number of carbonyl (C=O) groups excluding carboxylic acids is 1. The van der Waals surface area contributed by atoms with Crippen molar-refractivity contribution in [1.82, 2.24) is 14.9 Å². The summed E-state index contributed by atoms with van der Waals surface area (Å²) in [6.07, 6.45) is 5.73. The Morgan fingerprint density at radius 3 is 2.52 bits per heavy atom. The maximum Gasteiger partial charge on any atom is 0.253 e. The number of nitrogens with zero attached hydrogens (tertiary/aromatic N) is 1. The fourth-order valence-electron chi connectivity index (χ4n) is 3.93. The van der Waals surface area contributed by atoms with Gasteiger partial charge in [-0.1, -0.05) is 12.8 Å². The van der Waals surface area contributed by atoms with E-state index in [-0.39, 0.29) is 28.6 Å². The fourth-order valence-corrected chi connectivity index (χ4v) is 5.43. The maximum absolute atomic E-state index is 12.9. The third-order valence-corrected chi connectivity index (χ3v) is 7.04. The van der Waals surface area contributed by atoms with Crippen LogP contribution in [-0.4, -0.2) is 58.6 Å². The molecule has 1 unspecified atom stereocenters. The van der Waals surface area contributed by atoms with Gasteiger partial charge in [0.05, 0.1) is 7.11 Å².